The topological polar surface area (TPSA) is 112 Å². The summed E-state index contributed by atoms with van der Waals surface area (Å²) in [5.74, 6) is -2.69. The second-order valence-corrected chi connectivity index (χ2v) is 3.97. The number of nitrogens with one attached hydrogen (secondary N) is 2. The fraction of sp³-hybridized carbons (Fsp3) is 0.0769. The highest BCUT2D eigenvalue weighted by atomic mass is 16.4. The van der Waals surface area contributed by atoms with E-state index in [2.05, 4.69) is 15.3 Å². The Labute approximate surface area is 113 Å². The van der Waals surface area contributed by atoms with E-state index < -0.39 is 17.8 Å². The van der Waals surface area contributed by atoms with Gasteiger partial charge in [-0.15, -0.1) is 0 Å². The normalized spacial score (nSPS) is 10.0. The molecule has 0 fully saturated rings. The smallest absolute Gasteiger partial charge is 0.354 e. The van der Waals surface area contributed by atoms with Crippen molar-refractivity contribution < 1.29 is 19.5 Å². The van der Waals surface area contributed by atoms with Gasteiger partial charge in [0.2, 0.25) is 5.91 Å². The van der Waals surface area contributed by atoms with E-state index in [-0.39, 0.29) is 17.8 Å². The summed E-state index contributed by atoms with van der Waals surface area (Å²) in [6.45, 7) is 0. The van der Waals surface area contributed by atoms with Crippen molar-refractivity contribution in [2.75, 3.05) is 0 Å². The summed E-state index contributed by atoms with van der Waals surface area (Å²) in [5, 5.41) is 10.9. The number of carboxylic acid groups (broad SMARTS) is 1. The number of carboxylic acids is 1. The molecule has 7 nitrogen and oxygen atoms in total. The molecular formula is C13H11N3O4. The lowest BCUT2D eigenvalue weighted by molar-refractivity contribution is -0.119. The van der Waals surface area contributed by atoms with Crippen molar-refractivity contribution in [2.45, 2.75) is 6.42 Å². The number of carbonyl (C=O) groups is 3. The Morgan fingerprint density at radius 3 is 2.55 bits per heavy atom. The van der Waals surface area contributed by atoms with Crippen molar-refractivity contribution in [3.8, 4) is 0 Å². The first-order valence-electron chi connectivity index (χ1n) is 5.72. The lowest BCUT2D eigenvalue weighted by Crippen LogP contribution is -2.33. The van der Waals surface area contributed by atoms with E-state index in [1.54, 1.807) is 24.3 Å². The van der Waals surface area contributed by atoms with Gasteiger partial charge in [-0.05, 0) is 5.56 Å². The monoisotopic (exact) mass is 273 g/mol. The molecule has 0 unspecified atom stereocenters. The van der Waals surface area contributed by atoms with Crippen LogP contribution in [0.1, 0.15) is 26.5 Å². The summed E-state index contributed by atoms with van der Waals surface area (Å²) in [5.41, 5.74) is 0.0761. The minimum Gasteiger partial charge on any atom is -0.477 e. The molecule has 0 atom stereocenters. The quantitative estimate of drug-likeness (QED) is 0.755. The predicted molar refractivity (Wildman–Crippen MR) is 68.2 cm³/mol. The van der Waals surface area contributed by atoms with Gasteiger partial charge in [0.25, 0.3) is 5.91 Å². The highest BCUT2D eigenvalue weighted by molar-refractivity contribution is 6.08. The molecule has 2 rings (SSSR count). The van der Waals surface area contributed by atoms with E-state index >= 15 is 0 Å². The van der Waals surface area contributed by atoms with Crippen LogP contribution < -0.4 is 5.32 Å². The molecule has 0 bridgehead atoms. The number of amides is 2. The first kappa shape index (κ1) is 13.5. The van der Waals surface area contributed by atoms with Gasteiger partial charge in [-0.25, -0.2) is 9.78 Å². The SMILES string of the molecule is O=C(Cc1ccccc1)NC(=O)c1nc[nH]c1C(=O)O. The zero-order chi connectivity index (χ0) is 14.5. The Kier molecular flexibility index (Phi) is 3.90. The number of hydrogen-bond donors (Lipinski definition) is 3. The van der Waals surface area contributed by atoms with Crippen LogP contribution in [0.15, 0.2) is 36.7 Å². The van der Waals surface area contributed by atoms with Crippen LogP contribution in [0.2, 0.25) is 0 Å². The van der Waals surface area contributed by atoms with Crippen molar-refractivity contribution >= 4 is 17.8 Å². The van der Waals surface area contributed by atoms with Gasteiger partial charge in [0, 0.05) is 0 Å². The molecule has 0 aliphatic carbocycles. The summed E-state index contributed by atoms with van der Waals surface area (Å²) < 4.78 is 0. The molecule has 1 heterocycles. The maximum absolute atomic E-state index is 11.8. The third-order valence-electron chi connectivity index (χ3n) is 2.53. The average Bonchev–Trinajstić information content (AvgIpc) is 2.89. The Morgan fingerprint density at radius 1 is 1.20 bits per heavy atom. The molecular weight excluding hydrogens is 262 g/mol. The van der Waals surface area contributed by atoms with Crippen LogP contribution in [-0.4, -0.2) is 32.9 Å². The molecule has 2 amide bonds. The third kappa shape index (κ3) is 3.08. The number of benzene rings is 1. The van der Waals surface area contributed by atoms with Crippen molar-refractivity contribution in [3.05, 3.63) is 53.6 Å². The summed E-state index contributed by atoms with van der Waals surface area (Å²) in [6, 6.07) is 8.87. The molecule has 0 aliphatic rings. The third-order valence-corrected chi connectivity index (χ3v) is 2.53. The Balaban J connectivity index is 2.03. The van der Waals surface area contributed by atoms with E-state index in [1.165, 1.54) is 0 Å². The highest BCUT2D eigenvalue weighted by Crippen LogP contribution is 2.03. The van der Waals surface area contributed by atoms with Gasteiger partial charge in [0.15, 0.2) is 11.4 Å². The molecule has 20 heavy (non-hydrogen) atoms. The molecule has 0 saturated heterocycles. The van der Waals surface area contributed by atoms with Crippen LogP contribution in [0.25, 0.3) is 0 Å². The number of imide groups is 1. The van der Waals surface area contributed by atoms with Gasteiger partial charge in [-0.2, -0.15) is 0 Å². The number of aromatic amines is 1. The van der Waals surface area contributed by atoms with Gasteiger partial charge >= 0.3 is 5.97 Å². The highest BCUT2D eigenvalue weighted by Gasteiger charge is 2.21. The number of carbonyl (C=O) groups excluding carboxylic acids is 2. The first-order chi connectivity index (χ1) is 9.58. The molecule has 0 radical (unpaired) electrons. The molecule has 0 saturated carbocycles. The zero-order valence-corrected chi connectivity index (χ0v) is 10.3. The number of aromatic nitrogens is 2. The summed E-state index contributed by atoms with van der Waals surface area (Å²) >= 11 is 0. The van der Waals surface area contributed by atoms with E-state index in [1.807, 2.05) is 6.07 Å². The van der Waals surface area contributed by atoms with Crippen LogP contribution in [0.5, 0.6) is 0 Å². The minimum absolute atomic E-state index is 0.0272. The Bertz CT molecular complexity index is 649. The lowest BCUT2D eigenvalue weighted by Gasteiger charge is -2.03. The fourth-order valence-corrected chi connectivity index (χ4v) is 1.64. The fourth-order valence-electron chi connectivity index (χ4n) is 1.64. The van der Waals surface area contributed by atoms with Crippen molar-refractivity contribution in [1.29, 1.82) is 0 Å². The molecule has 2 aromatic rings. The number of H-pyrrole nitrogens is 1. The van der Waals surface area contributed by atoms with E-state index in [4.69, 9.17) is 5.11 Å². The van der Waals surface area contributed by atoms with E-state index in [9.17, 15) is 14.4 Å². The predicted octanol–water partition coefficient (Wildman–Crippen LogP) is 0.607. The van der Waals surface area contributed by atoms with Gasteiger partial charge in [0.05, 0.1) is 12.7 Å². The number of nitrogens with zero attached hydrogens (tertiary/aromatic N) is 1. The van der Waals surface area contributed by atoms with Crippen molar-refractivity contribution in [3.63, 3.8) is 0 Å². The van der Waals surface area contributed by atoms with Crippen LogP contribution in [0.4, 0.5) is 0 Å². The minimum atomic E-state index is -1.32. The molecule has 1 aromatic carbocycles. The van der Waals surface area contributed by atoms with Crippen molar-refractivity contribution in [1.82, 2.24) is 15.3 Å². The van der Waals surface area contributed by atoms with E-state index in [0.29, 0.717) is 0 Å². The van der Waals surface area contributed by atoms with E-state index in [0.717, 1.165) is 11.9 Å². The summed E-state index contributed by atoms with van der Waals surface area (Å²) in [4.78, 5) is 40.2. The number of hydrogen-bond acceptors (Lipinski definition) is 4. The number of rotatable bonds is 4. The second kappa shape index (κ2) is 5.79. The Hall–Kier alpha value is -2.96. The van der Waals surface area contributed by atoms with Gasteiger partial charge in [-0.1, -0.05) is 30.3 Å². The Morgan fingerprint density at radius 2 is 1.90 bits per heavy atom. The molecule has 1 aromatic heterocycles. The van der Waals surface area contributed by atoms with Crippen LogP contribution in [0.3, 0.4) is 0 Å². The second-order valence-electron chi connectivity index (χ2n) is 3.97. The zero-order valence-electron chi connectivity index (χ0n) is 10.3. The van der Waals surface area contributed by atoms with Gasteiger partial charge in [-0.3, -0.25) is 14.9 Å². The summed E-state index contributed by atoms with van der Waals surface area (Å²) in [6.07, 6.45) is 1.11. The standard InChI is InChI=1S/C13H11N3O4/c17-9(6-8-4-2-1-3-5-8)16-12(18)10-11(13(19)20)15-7-14-10/h1-5,7H,6H2,(H,14,15)(H,19,20)(H,16,17,18). The average molecular weight is 273 g/mol. The lowest BCUT2D eigenvalue weighted by atomic mass is 10.1. The maximum Gasteiger partial charge on any atom is 0.354 e. The number of aromatic carboxylic acids is 1. The van der Waals surface area contributed by atoms with Crippen LogP contribution in [0, 0.1) is 0 Å². The van der Waals surface area contributed by atoms with Crippen molar-refractivity contribution in [2.24, 2.45) is 0 Å². The first-order valence-corrected chi connectivity index (χ1v) is 5.72. The summed E-state index contributed by atoms with van der Waals surface area (Å²) in [7, 11) is 0. The molecule has 3 N–H and O–H groups in total. The molecule has 0 spiro atoms. The maximum atomic E-state index is 11.8. The van der Waals surface area contributed by atoms with Gasteiger partial charge < -0.3 is 10.1 Å². The molecule has 102 valence electrons. The number of imidazole rings is 1. The largest absolute Gasteiger partial charge is 0.477 e. The van der Waals surface area contributed by atoms with Crippen LogP contribution >= 0.6 is 0 Å². The molecule has 0 aliphatic heterocycles. The molecule has 7 heteroatoms. The van der Waals surface area contributed by atoms with Gasteiger partial charge in [0.1, 0.15) is 0 Å². The van der Waals surface area contributed by atoms with Crippen LogP contribution in [-0.2, 0) is 11.2 Å².